The van der Waals surface area contributed by atoms with Crippen LogP contribution in [0.25, 0.3) is 0 Å². The molecule has 146 valence electrons. The van der Waals surface area contributed by atoms with E-state index in [1.165, 1.54) is 4.31 Å². The molecule has 6 nitrogen and oxygen atoms in total. The van der Waals surface area contributed by atoms with E-state index in [0.717, 1.165) is 5.56 Å². The van der Waals surface area contributed by atoms with Gasteiger partial charge < -0.3 is 9.47 Å². The van der Waals surface area contributed by atoms with Crippen LogP contribution in [0.15, 0.2) is 65.1 Å². The van der Waals surface area contributed by atoms with E-state index in [1.807, 2.05) is 24.3 Å². The molecule has 2 heterocycles. The summed E-state index contributed by atoms with van der Waals surface area (Å²) in [4.78, 5) is 12.7. The average Bonchev–Trinajstić information content (AvgIpc) is 2.93. The van der Waals surface area contributed by atoms with Crippen molar-refractivity contribution in [2.24, 2.45) is 0 Å². The number of benzene rings is 2. The Kier molecular flexibility index (Phi) is 4.51. The molecule has 2 aliphatic rings. The fraction of sp³-hybridized carbons (Fsp3) is 0.286. The number of methoxy groups -OCH3 is 1. The number of hydrogen-bond donors (Lipinski definition) is 0. The van der Waals surface area contributed by atoms with Gasteiger partial charge in [-0.1, -0.05) is 36.4 Å². The third kappa shape index (κ3) is 2.57. The molecule has 2 aromatic carbocycles. The zero-order valence-electron chi connectivity index (χ0n) is 15.7. The molecule has 0 saturated heterocycles. The van der Waals surface area contributed by atoms with Crippen molar-refractivity contribution in [2.75, 3.05) is 20.3 Å². The summed E-state index contributed by atoms with van der Waals surface area (Å²) in [5.41, 5.74) is 0.964. The summed E-state index contributed by atoms with van der Waals surface area (Å²) in [5, 5.41) is 0. The summed E-state index contributed by atoms with van der Waals surface area (Å²) in [6.07, 6.45) is 1.87. The molecule has 0 spiro atoms. The van der Waals surface area contributed by atoms with Gasteiger partial charge in [-0.3, -0.25) is 0 Å². The van der Waals surface area contributed by atoms with E-state index < -0.39 is 21.5 Å². The summed E-state index contributed by atoms with van der Waals surface area (Å²) in [6.45, 7) is 2.13. The number of nitrogens with zero attached hydrogens (tertiary/aromatic N) is 1. The second-order valence-electron chi connectivity index (χ2n) is 6.75. The first-order valence-corrected chi connectivity index (χ1v) is 10.5. The maximum Gasteiger partial charge on any atom is 0.333 e. The Morgan fingerprint density at radius 2 is 1.86 bits per heavy atom. The fourth-order valence-corrected chi connectivity index (χ4v) is 6.07. The summed E-state index contributed by atoms with van der Waals surface area (Å²) >= 11 is 0. The van der Waals surface area contributed by atoms with E-state index in [9.17, 15) is 13.2 Å². The van der Waals surface area contributed by atoms with Crippen molar-refractivity contribution < 1.29 is 22.7 Å². The van der Waals surface area contributed by atoms with Crippen molar-refractivity contribution in [3.8, 4) is 5.75 Å². The number of hydrogen-bond acceptors (Lipinski definition) is 5. The molecule has 1 unspecified atom stereocenters. The number of sulfonamides is 1. The molecule has 0 saturated carbocycles. The quantitative estimate of drug-likeness (QED) is 0.740. The monoisotopic (exact) mass is 399 g/mol. The highest BCUT2D eigenvalue weighted by Gasteiger charge is 2.56. The van der Waals surface area contributed by atoms with E-state index in [4.69, 9.17) is 9.47 Å². The Balaban J connectivity index is 1.95. The van der Waals surface area contributed by atoms with Crippen molar-refractivity contribution in [3.05, 3.63) is 71.3 Å². The van der Waals surface area contributed by atoms with Crippen LogP contribution in [0.3, 0.4) is 0 Å². The topological polar surface area (TPSA) is 72.9 Å². The van der Waals surface area contributed by atoms with E-state index >= 15 is 0 Å². The second kappa shape index (κ2) is 6.76. The molecule has 28 heavy (non-hydrogen) atoms. The van der Waals surface area contributed by atoms with Crippen LogP contribution < -0.4 is 4.74 Å². The number of rotatable bonds is 4. The number of esters is 1. The summed E-state index contributed by atoms with van der Waals surface area (Å²) in [6, 6.07) is 14.3. The van der Waals surface area contributed by atoms with Crippen LogP contribution in [-0.2, 0) is 25.1 Å². The molecule has 1 atom stereocenters. The molecule has 0 aromatic heterocycles. The SMILES string of the molecule is CCOC(=O)C1=CCN2C(c3ccc(OC)cc3)(C1)c1ccccc1S2(=O)=O. The highest BCUT2D eigenvalue weighted by molar-refractivity contribution is 7.89. The molecule has 7 heteroatoms. The van der Waals surface area contributed by atoms with Crippen LogP contribution in [-0.4, -0.2) is 39.0 Å². The minimum atomic E-state index is -3.68. The normalized spacial score (nSPS) is 22.7. The lowest BCUT2D eigenvalue weighted by Gasteiger charge is -2.41. The fourth-order valence-electron chi connectivity index (χ4n) is 4.12. The summed E-state index contributed by atoms with van der Waals surface area (Å²) < 4.78 is 38.5. The number of ether oxygens (including phenoxy) is 2. The van der Waals surface area contributed by atoms with Crippen LogP contribution in [0, 0.1) is 0 Å². The highest BCUT2D eigenvalue weighted by atomic mass is 32.2. The molecule has 0 radical (unpaired) electrons. The zero-order valence-corrected chi connectivity index (χ0v) is 16.5. The van der Waals surface area contributed by atoms with Crippen molar-refractivity contribution in [3.63, 3.8) is 0 Å². The van der Waals surface area contributed by atoms with E-state index in [1.54, 1.807) is 44.4 Å². The lowest BCUT2D eigenvalue weighted by atomic mass is 9.76. The number of fused-ring (bicyclic) bond motifs is 3. The van der Waals surface area contributed by atoms with Gasteiger partial charge in [0.15, 0.2) is 0 Å². The van der Waals surface area contributed by atoms with Crippen molar-refractivity contribution in [1.29, 1.82) is 0 Å². The maximum absolute atomic E-state index is 13.3. The van der Waals surface area contributed by atoms with Crippen LogP contribution >= 0.6 is 0 Å². The highest BCUT2D eigenvalue weighted by Crippen LogP contribution is 2.53. The zero-order chi connectivity index (χ0) is 19.9. The average molecular weight is 399 g/mol. The van der Waals surface area contributed by atoms with Gasteiger partial charge in [-0.25, -0.2) is 13.2 Å². The van der Waals surface area contributed by atoms with Gasteiger partial charge in [-0.2, -0.15) is 4.31 Å². The first kappa shape index (κ1) is 18.7. The standard InChI is InChI=1S/C21H21NO5S/c1-3-27-20(23)15-12-13-22-21(14-15,16-8-10-17(26-2)11-9-16)18-6-4-5-7-19(18)28(22,24)25/h4-12H,3,13-14H2,1-2H3. The molecule has 0 aliphatic carbocycles. The Morgan fingerprint density at radius 1 is 1.14 bits per heavy atom. The predicted octanol–water partition coefficient (Wildman–Crippen LogP) is 2.84. The molecule has 0 bridgehead atoms. The number of carbonyl (C=O) groups is 1. The molecule has 0 fully saturated rings. The van der Waals surface area contributed by atoms with Gasteiger partial charge in [-0.15, -0.1) is 0 Å². The molecular formula is C21H21NO5S. The predicted molar refractivity (Wildman–Crippen MR) is 103 cm³/mol. The Labute approximate surface area is 164 Å². The third-order valence-corrected chi connectivity index (χ3v) is 7.33. The van der Waals surface area contributed by atoms with E-state index in [2.05, 4.69) is 0 Å². The first-order valence-electron chi connectivity index (χ1n) is 9.08. The van der Waals surface area contributed by atoms with Gasteiger partial charge in [0.1, 0.15) is 5.75 Å². The van der Waals surface area contributed by atoms with Crippen LogP contribution in [0.2, 0.25) is 0 Å². The molecule has 0 amide bonds. The Morgan fingerprint density at radius 3 is 2.54 bits per heavy atom. The van der Waals surface area contributed by atoms with Gasteiger partial charge in [0.05, 0.1) is 24.2 Å². The van der Waals surface area contributed by atoms with Crippen LogP contribution in [0.5, 0.6) is 5.75 Å². The molecular weight excluding hydrogens is 378 g/mol. The third-order valence-electron chi connectivity index (χ3n) is 5.38. The maximum atomic E-state index is 13.3. The van der Waals surface area contributed by atoms with E-state index in [0.29, 0.717) is 16.9 Å². The van der Waals surface area contributed by atoms with Gasteiger partial charge >= 0.3 is 5.97 Å². The van der Waals surface area contributed by atoms with Gasteiger partial charge in [-0.05, 0) is 36.2 Å². The van der Waals surface area contributed by atoms with Gasteiger partial charge in [0, 0.05) is 18.5 Å². The lowest BCUT2D eigenvalue weighted by molar-refractivity contribution is -0.139. The van der Waals surface area contributed by atoms with Gasteiger partial charge in [0.25, 0.3) is 0 Å². The van der Waals surface area contributed by atoms with E-state index in [-0.39, 0.29) is 24.5 Å². The van der Waals surface area contributed by atoms with Crippen molar-refractivity contribution in [1.82, 2.24) is 4.31 Å². The summed E-state index contributed by atoms with van der Waals surface area (Å²) in [5.74, 6) is 0.273. The minimum Gasteiger partial charge on any atom is -0.497 e. The second-order valence-corrected chi connectivity index (χ2v) is 8.58. The molecule has 2 aliphatic heterocycles. The first-order chi connectivity index (χ1) is 13.4. The van der Waals surface area contributed by atoms with Crippen molar-refractivity contribution in [2.45, 2.75) is 23.8 Å². The summed E-state index contributed by atoms with van der Waals surface area (Å²) in [7, 11) is -2.10. The largest absolute Gasteiger partial charge is 0.497 e. The molecule has 2 aromatic rings. The lowest BCUT2D eigenvalue weighted by Crippen LogP contribution is -2.48. The Hall–Kier alpha value is -2.64. The smallest absolute Gasteiger partial charge is 0.333 e. The molecule has 4 rings (SSSR count). The van der Waals surface area contributed by atoms with Crippen LogP contribution in [0.1, 0.15) is 24.5 Å². The minimum absolute atomic E-state index is 0.108. The molecule has 0 N–H and O–H groups in total. The number of carbonyl (C=O) groups excluding carboxylic acids is 1. The van der Waals surface area contributed by atoms with Crippen molar-refractivity contribution >= 4 is 16.0 Å². The van der Waals surface area contributed by atoms with Crippen LogP contribution in [0.4, 0.5) is 0 Å². The Bertz CT molecular complexity index is 1060. The van der Waals surface area contributed by atoms with Gasteiger partial charge in [0.2, 0.25) is 10.0 Å².